The van der Waals surface area contributed by atoms with Crippen LogP contribution in [0.5, 0.6) is 0 Å². The van der Waals surface area contributed by atoms with Gasteiger partial charge in [0.15, 0.2) is 0 Å². The summed E-state index contributed by atoms with van der Waals surface area (Å²) in [6.07, 6.45) is 0.305. The molecule has 38 heavy (non-hydrogen) atoms. The van der Waals surface area contributed by atoms with E-state index < -0.39 is 28.0 Å². The molecule has 1 unspecified atom stereocenters. The number of aromatic nitrogens is 2. The molecule has 0 aliphatic carbocycles. The minimum atomic E-state index is -4.36. The molecular formula is C26H23Cl2F3N2O4S. The van der Waals surface area contributed by atoms with Crippen molar-refractivity contribution in [2.45, 2.75) is 37.3 Å². The fourth-order valence-corrected chi connectivity index (χ4v) is 4.30. The van der Waals surface area contributed by atoms with Crippen molar-refractivity contribution in [1.29, 1.82) is 0 Å². The van der Waals surface area contributed by atoms with Crippen LogP contribution in [0.4, 0.5) is 13.2 Å². The Morgan fingerprint density at radius 2 is 1.68 bits per heavy atom. The number of hydrogen-bond acceptors (Lipinski definition) is 4. The van der Waals surface area contributed by atoms with E-state index in [4.69, 9.17) is 32.5 Å². The van der Waals surface area contributed by atoms with Crippen molar-refractivity contribution in [2.24, 2.45) is 0 Å². The maximum Gasteiger partial charge on any atom is 0.416 e. The second-order valence-corrected chi connectivity index (χ2v) is 10.5. The average molecular weight is 587 g/mol. The molecule has 4 aromatic rings. The molecule has 6 nitrogen and oxygen atoms in total. The molecule has 4 rings (SSSR count). The third kappa shape index (κ3) is 8.85. The largest absolute Gasteiger partial charge is 0.416 e. The number of aryl methyl sites for hydroxylation is 1. The maximum absolute atomic E-state index is 12.7. The van der Waals surface area contributed by atoms with Crippen LogP contribution in [0.25, 0.3) is 0 Å². The standard InChI is InChI=1S/C19H15Cl2F3N2O.C7H8O3S/c20-15-5-6-16(17(21)9-15)18(10-26-8-7-25-12-26)27-11-13-1-3-14(4-2-13)19(22,23)24;1-6-2-4-7(5-3-6)11(8,9)10/h1-9,12,18H,10-11H2;2-5H,1H3,(H,8,9,10). The Balaban J connectivity index is 0.000000304. The molecule has 1 heterocycles. The van der Waals surface area contributed by atoms with Gasteiger partial charge in [-0.15, -0.1) is 0 Å². The average Bonchev–Trinajstić information content (AvgIpc) is 3.35. The monoisotopic (exact) mass is 586 g/mol. The molecule has 3 aromatic carbocycles. The summed E-state index contributed by atoms with van der Waals surface area (Å²) in [5.41, 5.74) is 1.63. The molecule has 1 aromatic heterocycles. The fourth-order valence-electron chi connectivity index (χ4n) is 3.29. The predicted octanol–water partition coefficient (Wildman–Crippen LogP) is 7.41. The van der Waals surface area contributed by atoms with E-state index in [0.717, 1.165) is 23.3 Å². The summed E-state index contributed by atoms with van der Waals surface area (Å²) in [6, 6.07) is 16.0. The van der Waals surface area contributed by atoms with Gasteiger partial charge in [0.25, 0.3) is 10.1 Å². The Bertz CT molecular complexity index is 1430. The molecule has 0 saturated heterocycles. The molecule has 1 N–H and O–H groups in total. The highest BCUT2D eigenvalue weighted by Gasteiger charge is 2.30. The first-order valence-electron chi connectivity index (χ1n) is 11.1. The van der Waals surface area contributed by atoms with Crippen LogP contribution in [0, 0.1) is 6.92 Å². The Morgan fingerprint density at radius 1 is 1.03 bits per heavy atom. The van der Waals surface area contributed by atoms with Gasteiger partial charge in [-0.1, -0.05) is 59.1 Å². The summed E-state index contributed by atoms with van der Waals surface area (Å²) in [7, 11) is -4.02. The first-order valence-corrected chi connectivity index (χ1v) is 13.2. The van der Waals surface area contributed by atoms with Crippen LogP contribution in [0.1, 0.15) is 28.4 Å². The molecule has 0 bridgehead atoms. The number of benzene rings is 3. The van der Waals surface area contributed by atoms with Crippen LogP contribution in [0.3, 0.4) is 0 Å². The van der Waals surface area contributed by atoms with Crippen LogP contribution in [-0.4, -0.2) is 22.5 Å². The molecular weight excluding hydrogens is 564 g/mol. The zero-order chi connectivity index (χ0) is 27.9. The smallest absolute Gasteiger partial charge is 0.367 e. The molecule has 0 fully saturated rings. The molecule has 0 aliphatic heterocycles. The van der Waals surface area contributed by atoms with Crippen LogP contribution < -0.4 is 0 Å². The van der Waals surface area contributed by atoms with E-state index in [1.54, 1.807) is 49.1 Å². The molecule has 1 atom stereocenters. The normalized spacial score (nSPS) is 12.5. The van der Waals surface area contributed by atoms with Crippen molar-refractivity contribution in [3.63, 3.8) is 0 Å². The van der Waals surface area contributed by atoms with E-state index >= 15 is 0 Å². The van der Waals surface area contributed by atoms with Crippen molar-refractivity contribution in [3.05, 3.63) is 118 Å². The SMILES string of the molecule is Cc1ccc(S(=O)(=O)O)cc1.FC(F)(F)c1ccc(COC(Cn2ccnc2)c2ccc(Cl)cc2Cl)cc1. The number of hydrogen-bond donors (Lipinski definition) is 1. The summed E-state index contributed by atoms with van der Waals surface area (Å²) >= 11 is 12.3. The third-order valence-electron chi connectivity index (χ3n) is 5.30. The second-order valence-electron chi connectivity index (χ2n) is 8.21. The minimum absolute atomic E-state index is 0.0666. The van der Waals surface area contributed by atoms with Gasteiger partial charge in [-0.05, 0) is 48.9 Å². The van der Waals surface area contributed by atoms with Gasteiger partial charge in [0.2, 0.25) is 0 Å². The second kappa shape index (κ2) is 12.8. The van der Waals surface area contributed by atoms with E-state index in [1.807, 2.05) is 11.5 Å². The lowest BCUT2D eigenvalue weighted by Crippen LogP contribution is -2.13. The number of nitrogens with zero attached hydrogens (tertiary/aromatic N) is 2. The first kappa shape index (κ1) is 29.7. The molecule has 0 radical (unpaired) electrons. The van der Waals surface area contributed by atoms with Gasteiger partial charge in [0, 0.05) is 28.0 Å². The summed E-state index contributed by atoms with van der Waals surface area (Å²) in [4.78, 5) is 3.94. The van der Waals surface area contributed by atoms with Gasteiger partial charge in [-0.3, -0.25) is 4.55 Å². The lowest BCUT2D eigenvalue weighted by atomic mass is 10.1. The van der Waals surface area contributed by atoms with Crippen molar-refractivity contribution < 1.29 is 30.9 Å². The Labute approximate surface area is 228 Å². The van der Waals surface area contributed by atoms with E-state index in [1.165, 1.54) is 24.3 Å². The third-order valence-corrected chi connectivity index (χ3v) is 6.73. The van der Waals surface area contributed by atoms with E-state index in [0.29, 0.717) is 22.2 Å². The summed E-state index contributed by atoms with van der Waals surface area (Å²) in [5, 5.41) is 0.966. The molecule has 0 amide bonds. The molecule has 0 saturated carbocycles. The maximum atomic E-state index is 12.7. The summed E-state index contributed by atoms with van der Waals surface area (Å²) < 4.78 is 75.4. The Kier molecular flexibility index (Phi) is 9.97. The fraction of sp³-hybridized carbons (Fsp3) is 0.192. The van der Waals surface area contributed by atoms with Crippen LogP contribution in [-0.2, 0) is 34.2 Å². The van der Waals surface area contributed by atoms with Gasteiger partial charge in [0.05, 0.1) is 29.9 Å². The van der Waals surface area contributed by atoms with E-state index in [-0.39, 0.29) is 11.5 Å². The lowest BCUT2D eigenvalue weighted by Gasteiger charge is -2.20. The first-order chi connectivity index (χ1) is 17.8. The van der Waals surface area contributed by atoms with Crippen molar-refractivity contribution in [2.75, 3.05) is 0 Å². The zero-order valence-corrected chi connectivity index (χ0v) is 22.3. The molecule has 0 aliphatic rings. The highest BCUT2D eigenvalue weighted by atomic mass is 35.5. The van der Waals surface area contributed by atoms with Gasteiger partial charge in [-0.25, -0.2) is 4.98 Å². The quantitative estimate of drug-likeness (QED) is 0.228. The summed E-state index contributed by atoms with van der Waals surface area (Å²) in [5.74, 6) is 0. The molecule has 202 valence electrons. The minimum Gasteiger partial charge on any atom is -0.367 e. The van der Waals surface area contributed by atoms with Gasteiger partial charge >= 0.3 is 6.18 Å². The lowest BCUT2D eigenvalue weighted by molar-refractivity contribution is -0.137. The van der Waals surface area contributed by atoms with Crippen LogP contribution in [0.15, 0.2) is 90.3 Å². The van der Waals surface area contributed by atoms with Gasteiger partial charge in [0.1, 0.15) is 6.10 Å². The zero-order valence-electron chi connectivity index (χ0n) is 19.9. The van der Waals surface area contributed by atoms with Crippen molar-refractivity contribution >= 4 is 33.3 Å². The number of rotatable bonds is 7. The number of halogens is 5. The molecule has 0 spiro atoms. The van der Waals surface area contributed by atoms with Crippen LogP contribution >= 0.6 is 23.2 Å². The highest BCUT2D eigenvalue weighted by Crippen LogP contribution is 2.32. The topological polar surface area (TPSA) is 81.4 Å². The number of imidazole rings is 1. The van der Waals surface area contributed by atoms with E-state index in [9.17, 15) is 21.6 Å². The predicted molar refractivity (Wildman–Crippen MR) is 139 cm³/mol. The van der Waals surface area contributed by atoms with Crippen LogP contribution in [0.2, 0.25) is 10.0 Å². The Morgan fingerprint density at radius 3 is 2.21 bits per heavy atom. The number of alkyl halides is 3. The Hall–Kier alpha value is -2.89. The van der Waals surface area contributed by atoms with Gasteiger partial charge < -0.3 is 9.30 Å². The molecule has 12 heteroatoms. The number of ether oxygens (including phenoxy) is 1. The highest BCUT2D eigenvalue weighted by molar-refractivity contribution is 7.85. The van der Waals surface area contributed by atoms with Gasteiger partial charge in [-0.2, -0.15) is 21.6 Å². The summed E-state index contributed by atoms with van der Waals surface area (Å²) in [6.45, 7) is 2.42. The van der Waals surface area contributed by atoms with E-state index in [2.05, 4.69) is 4.98 Å². The van der Waals surface area contributed by atoms with Crippen molar-refractivity contribution in [1.82, 2.24) is 9.55 Å². The van der Waals surface area contributed by atoms with Crippen molar-refractivity contribution in [3.8, 4) is 0 Å².